The highest BCUT2D eigenvalue weighted by Crippen LogP contribution is 2.29. The molecule has 0 bridgehead atoms. The van der Waals surface area contributed by atoms with Gasteiger partial charge in [0.25, 0.3) is 0 Å². The highest BCUT2D eigenvalue weighted by molar-refractivity contribution is 5.95. The smallest absolute Gasteiger partial charge is 0.198 e. The van der Waals surface area contributed by atoms with Crippen LogP contribution in [-0.4, -0.2) is 16.4 Å². The first-order valence-corrected chi connectivity index (χ1v) is 13.0. The van der Waals surface area contributed by atoms with Crippen molar-refractivity contribution in [3.05, 3.63) is 89.8 Å². The van der Waals surface area contributed by atoms with Crippen LogP contribution in [0.2, 0.25) is 0 Å². The second-order valence-corrected chi connectivity index (χ2v) is 10.3. The summed E-state index contributed by atoms with van der Waals surface area (Å²) in [5.74, 6) is 2.34. The van der Waals surface area contributed by atoms with Crippen molar-refractivity contribution in [2.75, 3.05) is 0 Å². The molecule has 0 saturated carbocycles. The molecule has 0 aliphatic carbocycles. The van der Waals surface area contributed by atoms with Gasteiger partial charge in [0.2, 0.25) is 0 Å². The number of oxazole rings is 1. The van der Waals surface area contributed by atoms with Crippen LogP contribution in [-0.2, 0) is 12.8 Å². The molecule has 3 aromatic carbocycles. The minimum atomic E-state index is 0.359. The maximum atomic E-state index is 5.52. The number of rotatable bonds is 3. The van der Waals surface area contributed by atoms with Gasteiger partial charge in [0.05, 0.1) is 11.4 Å². The fraction of sp³-hybridized carbons (Fsp3) is 0.344. The molecule has 2 aliphatic rings. The van der Waals surface area contributed by atoms with Gasteiger partial charge in [0.1, 0.15) is 5.52 Å². The second-order valence-electron chi connectivity index (χ2n) is 10.3. The van der Waals surface area contributed by atoms with E-state index < -0.39 is 0 Å². The standard InChI is InChI=1S/2C11H13N.C10H11NO/c2*1-8(2)11-7-9-5-3-4-6-10(9)12-11;1-7(2)10-11-8-5-3-4-6-9(8)12-10/h2*3-6,8H,7H2,1-2H3;3-7H,1-2H3. The van der Waals surface area contributed by atoms with Gasteiger partial charge < -0.3 is 4.42 Å². The van der Waals surface area contributed by atoms with Gasteiger partial charge in [-0.1, -0.05) is 90.1 Å². The molecule has 2 aliphatic heterocycles. The molecule has 0 saturated heterocycles. The predicted octanol–water partition coefficient (Wildman–Crippen LogP) is 8.89. The van der Waals surface area contributed by atoms with E-state index in [4.69, 9.17) is 4.42 Å². The summed E-state index contributed by atoms with van der Waals surface area (Å²) in [6.07, 6.45) is 2.10. The van der Waals surface area contributed by atoms with Gasteiger partial charge >= 0.3 is 0 Å². The fourth-order valence-corrected chi connectivity index (χ4v) is 4.12. The number of aromatic nitrogens is 1. The molecule has 186 valence electrons. The minimum Gasteiger partial charge on any atom is -0.440 e. The van der Waals surface area contributed by atoms with E-state index in [1.54, 1.807) is 0 Å². The van der Waals surface area contributed by atoms with E-state index in [1.165, 1.54) is 33.9 Å². The summed E-state index contributed by atoms with van der Waals surface area (Å²) in [6.45, 7) is 12.9. The first kappa shape index (κ1) is 25.6. The van der Waals surface area contributed by atoms with Crippen LogP contribution in [0.5, 0.6) is 0 Å². The Morgan fingerprint density at radius 1 is 0.583 bits per heavy atom. The molecule has 0 atom stereocenters. The monoisotopic (exact) mass is 479 g/mol. The summed E-state index contributed by atoms with van der Waals surface area (Å²) in [7, 11) is 0. The Bertz CT molecular complexity index is 1270. The van der Waals surface area contributed by atoms with Crippen LogP contribution in [0.15, 0.2) is 87.2 Å². The minimum absolute atomic E-state index is 0.359. The van der Waals surface area contributed by atoms with Gasteiger partial charge in [-0.05, 0) is 47.2 Å². The van der Waals surface area contributed by atoms with Crippen LogP contribution < -0.4 is 0 Å². The normalized spacial score (nSPS) is 13.6. The Morgan fingerprint density at radius 2 is 1.06 bits per heavy atom. The first-order valence-electron chi connectivity index (χ1n) is 13.0. The second kappa shape index (κ2) is 11.5. The summed E-state index contributed by atoms with van der Waals surface area (Å²) < 4.78 is 5.52. The lowest BCUT2D eigenvalue weighted by atomic mass is 10.0. The van der Waals surface area contributed by atoms with Crippen molar-refractivity contribution < 1.29 is 4.42 Å². The molecule has 1 aromatic heterocycles. The Kier molecular flexibility index (Phi) is 8.14. The molecule has 0 unspecified atom stereocenters. The molecule has 0 amide bonds. The van der Waals surface area contributed by atoms with Crippen molar-refractivity contribution in [3.8, 4) is 0 Å². The quantitative estimate of drug-likeness (QED) is 0.294. The molecule has 36 heavy (non-hydrogen) atoms. The van der Waals surface area contributed by atoms with E-state index in [2.05, 4.69) is 92.9 Å². The number of benzene rings is 3. The largest absolute Gasteiger partial charge is 0.440 e. The van der Waals surface area contributed by atoms with Crippen LogP contribution in [0, 0.1) is 11.8 Å². The zero-order valence-corrected chi connectivity index (χ0v) is 22.3. The van der Waals surface area contributed by atoms with Gasteiger partial charge in [0.15, 0.2) is 11.5 Å². The molecule has 0 fully saturated rings. The lowest BCUT2D eigenvalue weighted by molar-refractivity contribution is 0.501. The molecular weight excluding hydrogens is 442 g/mol. The molecule has 0 N–H and O–H groups in total. The van der Waals surface area contributed by atoms with Crippen molar-refractivity contribution in [1.82, 2.24) is 4.98 Å². The highest BCUT2D eigenvalue weighted by Gasteiger charge is 2.16. The molecule has 3 heterocycles. The van der Waals surface area contributed by atoms with E-state index >= 15 is 0 Å². The Labute approximate surface area is 215 Å². The summed E-state index contributed by atoms with van der Waals surface area (Å²) in [4.78, 5) is 13.5. The Balaban J connectivity index is 0.000000127. The van der Waals surface area contributed by atoms with Crippen LogP contribution in [0.4, 0.5) is 11.4 Å². The first-order chi connectivity index (χ1) is 17.3. The summed E-state index contributed by atoms with van der Waals surface area (Å²) in [5, 5.41) is 0. The van der Waals surface area contributed by atoms with Crippen molar-refractivity contribution in [1.29, 1.82) is 0 Å². The summed E-state index contributed by atoms with van der Waals surface area (Å²) in [6, 6.07) is 24.6. The number of nitrogens with zero attached hydrogens (tertiary/aromatic N) is 3. The molecule has 4 heteroatoms. The van der Waals surface area contributed by atoms with E-state index in [1.807, 2.05) is 36.4 Å². The third-order valence-corrected chi connectivity index (χ3v) is 6.39. The van der Waals surface area contributed by atoms with Crippen LogP contribution >= 0.6 is 0 Å². The van der Waals surface area contributed by atoms with E-state index in [-0.39, 0.29) is 0 Å². The molecule has 6 rings (SSSR count). The van der Waals surface area contributed by atoms with Crippen LogP contribution in [0.25, 0.3) is 11.1 Å². The maximum Gasteiger partial charge on any atom is 0.198 e. The van der Waals surface area contributed by atoms with Crippen molar-refractivity contribution in [2.45, 2.75) is 60.3 Å². The average Bonchev–Trinajstić information content (AvgIpc) is 3.61. The zero-order valence-electron chi connectivity index (χ0n) is 22.3. The van der Waals surface area contributed by atoms with Crippen LogP contribution in [0.3, 0.4) is 0 Å². The fourth-order valence-electron chi connectivity index (χ4n) is 4.12. The van der Waals surface area contributed by atoms with Crippen molar-refractivity contribution in [2.24, 2.45) is 21.8 Å². The number of aliphatic imine (C=N–C) groups is 2. The number of hydrogen-bond donors (Lipinski definition) is 0. The van der Waals surface area contributed by atoms with Crippen molar-refractivity contribution in [3.63, 3.8) is 0 Å². The Morgan fingerprint density at radius 3 is 1.50 bits per heavy atom. The lowest BCUT2D eigenvalue weighted by Crippen LogP contribution is -2.06. The van der Waals surface area contributed by atoms with Gasteiger partial charge in [-0.3, -0.25) is 9.98 Å². The highest BCUT2D eigenvalue weighted by atomic mass is 16.3. The summed E-state index contributed by atoms with van der Waals surface area (Å²) >= 11 is 0. The van der Waals surface area contributed by atoms with E-state index in [0.717, 1.165) is 29.8 Å². The molecular formula is C32H37N3O. The molecule has 0 spiro atoms. The van der Waals surface area contributed by atoms with Gasteiger partial charge in [-0.15, -0.1) is 0 Å². The third kappa shape index (κ3) is 6.17. The third-order valence-electron chi connectivity index (χ3n) is 6.39. The number of fused-ring (bicyclic) bond motifs is 3. The molecule has 0 radical (unpaired) electrons. The lowest BCUT2D eigenvalue weighted by Gasteiger charge is -2.01. The van der Waals surface area contributed by atoms with Crippen molar-refractivity contribution >= 4 is 33.9 Å². The van der Waals surface area contributed by atoms with E-state index in [0.29, 0.717) is 17.8 Å². The van der Waals surface area contributed by atoms with E-state index in [9.17, 15) is 0 Å². The average molecular weight is 480 g/mol. The van der Waals surface area contributed by atoms with Crippen LogP contribution in [0.1, 0.15) is 64.5 Å². The predicted molar refractivity (Wildman–Crippen MR) is 152 cm³/mol. The van der Waals surface area contributed by atoms with Gasteiger partial charge in [0, 0.05) is 30.2 Å². The van der Waals surface area contributed by atoms with Gasteiger partial charge in [-0.25, -0.2) is 4.98 Å². The molecule has 4 aromatic rings. The Hall–Kier alpha value is -3.53. The maximum absolute atomic E-state index is 5.52. The molecule has 4 nitrogen and oxygen atoms in total. The number of para-hydroxylation sites is 4. The zero-order chi connectivity index (χ0) is 25.7. The summed E-state index contributed by atoms with van der Waals surface area (Å²) in [5.41, 5.74) is 9.54. The van der Waals surface area contributed by atoms with Gasteiger partial charge in [-0.2, -0.15) is 0 Å². The topological polar surface area (TPSA) is 50.8 Å². The number of hydrogen-bond acceptors (Lipinski definition) is 4. The SMILES string of the molecule is CC(C)C1=Nc2ccccc2C1.CC(C)C1=Nc2ccccc2C1.CC(C)c1nc2ccccc2o1.